The summed E-state index contributed by atoms with van der Waals surface area (Å²) in [4.78, 5) is 12.8. The monoisotopic (exact) mass is 378 g/mol. The van der Waals surface area contributed by atoms with Crippen LogP contribution < -0.4 is 10.1 Å². The van der Waals surface area contributed by atoms with Gasteiger partial charge in [-0.1, -0.05) is 24.3 Å². The lowest BCUT2D eigenvalue weighted by Gasteiger charge is -2.11. The van der Waals surface area contributed by atoms with E-state index in [4.69, 9.17) is 9.15 Å². The zero-order valence-corrected chi connectivity index (χ0v) is 15.3. The second-order valence-electron chi connectivity index (χ2n) is 6.45. The molecule has 28 heavy (non-hydrogen) atoms. The highest BCUT2D eigenvalue weighted by Gasteiger charge is 2.18. The van der Waals surface area contributed by atoms with Gasteiger partial charge in [-0.15, -0.1) is 0 Å². The van der Waals surface area contributed by atoms with E-state index in [1.54, 1.807) is 31.6 Å². The summed E-state index contributed by atoms with van der Waals surface area (Å²) < 4.78 is 26.1. The Bertz CT molecular complexity index is 1130. The van der Waals surface area contributed by atoms with Crippen LogP contribution in [0.15, 0.2) is 71.3 Å². The maximum Gasteiger partial charge on any atom is 0.268 e. The highest BCUT2D eigenvalue weighted by atomic mass is 19.1. The number of carbonyl (C=O) groups is 1. The first kappa shape index (κ1) is 17.9. The van der Waals surface area contributed by atoms with Gasteiger partial charge < -0.3 is 19.0 Å². The highest BCUT2D eigenvalue weighted by Crippen LogP contribution is 2.23. The molecule has 2 aromatic carbocycles. The van der Waals surface area contributed by atoms with Crippen molar-refractivity contribution in [2.45, 2.75) is 13.1 Å². The normalized spacial score (nSPS) is 10.9. The molecular weight excluding hydrogens is 359 g/mol. The number of nitrogens with one attached hydrogen (secondary N) is 1. The summed E-state index contributed by atoms with van der Waals surface area (Å²) in [5.41, 5.74) is 3.56. The number of hydrogen-bond donors (Lipinski definition) is 1. The molecular formula is C22H19FN2O3. The van der Waals surface area contributed by atoms with Gasteiger partial charge in [0.1, 0.15) is 17.3 Å². The van der Waals surface area contributed by atoms with Crippen LogP contribution in [0.3, 0.4) is 0 Å². The Morgan fingerprint density at radius 1 is 1.11 bits per heavy atom. The zero-order chi connectivity index (χ0) is 19.5. The first-order chi connectivity index (χ1) is 13.6. The number of nitrogens with zero attached hydrogens (tertiary/aromatic N) is 1. The van der Waals surface area contributed by atoms with Gasteiger partial charge in [-0.05, 0) is 35.4 Å². The summed E-state index contributed by atoms with van der Waals surface area (Å²) in [5.74, 6) is 0.196. The topological polar surface area (TPSA) is 56.4 Å². The maximum atomic E-state index is 13.6. The Morgan fingerprint density at radius 3 is 2.75 bits per heavy atom. The first-order valence-corrected chi connectivity index (χ1v) is 8.86. The third-order valence-corrected chi connectivity index (χ3v) is 4.57. The molecule has 4 rings (SSSR count). The van der Waals surface area contributed by atoms with Crippen LogP contribution in [0, 0.1) is 5.82 Å². The molecule has 0 saturated carbocycles. The van der Waals surface area contributed by atoms with Crippen molar-refractivity contribution >= 4 is 17.0 Å². The molecule has 2 heterocycles. The Hall–Kier alpha value is -3.54. The number of furan rings is 1. The third-order valence-electron chi connectivity index (χ3n) is 4.57. The Morgan fingerprint density at radius 2 is 1.93 bits per heavy atom. The second kappa shape index (κ2) is 7.60. The third kappa shape index (κ3) is 3.62. The summed E-state index contributed by atoms with van der Waals surface area (Å²) in [6, 6.07) is 17.4. The number of fused-ring (bicyclic) bond motifs is 1. The molecule has 0 unspecified atom stereocenters. The molecule has 4 aromatic rings. The summed E-state index contributed by atoms with van der Waals surface area (Å²) in [6.45, 7) is 0.727. The van der Waals surface area contributed by atoms with E-state index >= 15 is 0 Å². The van der Waals surface area contributed by atoms with Crippen molar-refractivity contribution < 1.29 is 18.3 Å². The second-order valence-corrected chi connectivity index (χ2v) is 6.45. The number of rotatable bonds is 6. The van der Waals surface area contributed by atoms with Crippen LogP contribution in [0.25, 0.3) is 11.1 Å². The molecule has 0 bridgehead atoms. The number of aromatic nitrogens is 1. The molecule has 0 aliphatic carbocycles. The van der Waals surface area contributed by atoms with Gasteiger partial charge in [0.05, 0.1) is 18.9 Å². The molecule has 0 atom stereocenters. The average Bonchev–Trinajstić information content (AvgIpc) is 3.29. The SMILES string of the molecule is COc1cccc(CNC(=O)c2cc3occc3n2Cc2cccc(F)c2)c1. The minimum absolute atomic E-state index is 0.231. The molecule has 0 aliphatic heterocycles. The van der Waals surface area contributed by atoms with Crippen molar-refractivity contribution in [1.82, 2.24) is 9.88 Å². The smallest absolute Gasteiger partial charge is 0.268 e. The van der Waals surface area contributed by atoms with E-state index < -0.39 is 0 Å². The Kier molecular flexibility index (Phi) is 4.85. The lowest BCUT2D eigenvalue weighted by molar-refractivity contribution is 0.0942. The van der Waals surface area contributed by atoms with E-state index in [0.29, 0.717) is 24.4 Å². The fourth-order valence-corrected chi connectivity index (χ4v) is 3.21. The average molecular weight is 378 g/mol. The summed E-state index contributed by atoms with van der Waals surface area (Å²) in [6.07, 6.45) is 1.57. The van der Waals surface area contributed by atoms with Gasteiger partial charge >= 0.3 is 0 Å². The summed E-state index contributed by atoms with van der Waals surface area (Å²) in [5, 5.41) is 2.92. The van der Waals surface area contributed by atoms with Crippen molar-refractivity contribution in [3.63, 3.8) is 0 Å². The van der Waals surface area contributed by atoms with Crippen LogP contribution in [0.2, 0.25) is 0 Å². The van der Waals surface area contributed by atoms with Gasteiger partial charge in [-0.25, -0.2) is 4.39 Å². The number of methoxy groups -OCH3 is 1. The summed E-state index contributed by atoms with van der Waals surface area (Å²) >= 11 is 0. The molecule has 0 spiro atoms. The summed E-state index contributed by atoms with van der Waals surface area (Å²) in [7, 11) is 1.60. The number of ether oxygens (including phenoxy) is 1. The molecule has 0 saturated heterocycles. The van der Waals surface area contributed by atoms with Gasteiger partial charge in [-0.2, -0.15) is 0 Å². The van der Waals surface area contributed by atoms with Gasteiger partial charge in [0.15, 0.2) is 5.58 Å². The molecule has 142 valence electrons. The lowest BCUT2D eigenvalue weighted by Crippen LogP contribution is -2.25. The van der Waals surface area contributed by atoms with E-state index in [1.165, 1.54) is 12.1 Å². The van der Waals surface area contributed by atoms with Crippen molar-refractivity contribution in [2.24, 2.45) is 0 Å². The zero-order valence-electron chi connectivity index (χ0n) is 15.3. The van der Waals surface area contributed by atoms with Crippen LogP contribution in [0.5, 0.6) is 5.75 Å². The Labute approximate surface area is 161 Å². The van der Waals surface area contributed by atoms with Crippen molar-refractivity contribution in [2.75, 3.05) is 7.11 Å². The Balaban J connectivity index is 1.58. The van der Waals surface area contributed by atoms with Gasteiger partial charge in [0.25, 0.3) is 5.91 Å². The molecule has 0 radical (unpaired) electrons. The minimum Gasteiger partial charge on any atom is -0.497 e. The van der Waals surface area contributed by atoms with Crippen LogP contribution >= 0.6 is 0 Å². The van der Waals surface area contributed by atoms with Crippen LogP contribution in [0.4, 0.5) is 4.39 Å². The van der Waals surface area contributed by atoms with Crippen LogP contribution in [-0.2, 0) is 13.1 Å². The molecule has 0 aliphatic rings. The molecule has 6 heteroatoms. The minimum atomic E-state index is -0.308. The molecule has 1 amide bonds. The van der Waals surface area contributed by atoms with Crippen LogP contribution in [0.1, 0.15) is 21.6 Å². The van der Waals surface area contributed by atoms with E-state index in [1.807, 2.05) is 34.9 Å². The number of hydrogen-bond acceptors (Lipinski definition) is 3. The number of amides is 1. The van der Waals surface area contributed by atoms with Gasteiger partial charge in [-0.3, -0.25) is 4.79 Å². The maximum absolute atomic E-state index is 13.6. The number of halogens is 1. The quantitative estimate of drug-likeness (QED) is 0.542. The highest BCUT2D eigenvalue weighted by molar-refractivity contribution is 5.97. The van der Waals surface area contributed by atoms with Crippen molar-refractivity contribution in [3.8, 4) is 5.75 Å². The van der Waals surface area contributed by atoms with E-state index in [9.17, 15) is 9.18 Å². The largest absolute Gasteiger partial charge is 0.497 e. The van der Waals surface area contributed by atoms with Crippen molar-refractivity contribution in [1.29, 1.82) is 0 Å². The van der Waals surface area contributed by atoms with Gasteiger partial charge in [0, 0.05) is 25.2 Å². The standard InChI is InChI=1S/C22H19FN2O3/c1-27-18-7-3-4-15(11-18)13-24-22(26)20-12-21-19(8-9-28-21)25(20)14-16-5-2-6-17(23)10-16/h2-12H,13-14H2,1H3,(H,24,26). The first-order valence-electron chi connectivity index (χ1n) is 8.86. The molecule has 0 fully saturated rings. The van der Waals surface area contributed by atoms with Crippen LogP contribution in [-0.4, -0.2) is 17.6 Å². The number of benzene rings is 2. The number of carbonyl (C=O) groups excluding carboxylic acids is 1. The van der Waals surface area contributed by atoms with Gasteiger partial charge in [0.2, 0.25) is 0 Å². The molecule has 1 N–H and O–H groups in total. The van der Waals surface area contributed by atoms with E-state index in [2.05, 4.69) is 5.32 Å². The molecule has 2 aromatic heterocycles. The predicted octanol–water partition coefficient (Wildman–Crippen LogP) is 4.36. The van der Waals surface area contributed by atoms with Crippen molar-refractivity contribution in [3.05, 3.63) is 89.6 Å². The molecule has 5 nitrogen and oxygen atoms in total. The van der Waals surface area contributed by atoms with E-state index in [-0.39, 0.29) is 11.7 Å². The predicted molar refractivity (Wildman–Crippen MR) is 104 cm³/mol. The fourth-order valence-electron chi connectivity index (χ4n) is 3.21. The van der Waals surface area contributed by atoms with E-state index in [0.717, 1.165) is 22.4 Å². The lowest BCUT2D eigenvalue weighted by atomic mass is 10.2. The fraction of sp³-hybridized carbons (Fsp3) is 0.136.